The molecule has 0 saturated carbocycles. The SMILES string of the molecule is CC1CC=CC2=C1c1c(N(c3ccc(-c4ccccc4)cc3C3=CC=C=CC3)C3C=CC(c4ccc5c(c4)C(C)(C)c4ccccc4-5)=CC3)cccc1C2(c1ccccc1)c1ccccc1. The number of anilines is 2. The predicted octanol–water partition coefficient (Wildman–Crippen LogP) is 16.4. The van der Waals surface area contributed by atoms with Crippen LogP contribution in [0.4, 0.5) is 11.4 Å². The summed E-state index contributed by atoms with van der Waals surface area (Å²) in [6.07, 6.45) is 21.5. The number of benzene rings is 7. The summed E-state index contributed by atoms with van der Waals surface area (Å²) in [6.45, 7) is 7.19. The van der Waals surface area contributed by atoms with Crippen molar-refractivity contribution in [3.8, 4) is 22.3 Å². The molecular formula is C65H53N. The van der Waals surface area contributed by atoms with Gasteiger partial charge in [0.1, 0.15) is 0 Å². The molecule has 0 spiro atoms. The summed E-state index contributed by atoms with van der Waals surface area (Å²) in [5.41, 5.74) is 26.6. The van der Waals surface area contributed by atoms with Crippen LogP contribution in [-0.4, -0.2) is 6.04 Å². The maximum Gasteiger partial charge on any atom is 0.0711 e. The molecular weight excluding hydrogens is 795 g/mol. The molecule has 0 heterocycles. The van der Waals surface area contributed by atoms with Crippen molar-refractivity contribution in [1.82, 2.24) is 0 Å². The average molecular weight is 848 g/mol. The second-order valence-corrected chi connectivity index (χ2v) is 19.2. The Morgan fingerprint density at radius 1 is 0.576 bits per heavy atom. The molecule has 318 valence electrons. The minimum absolute atomic E-state index is 0.0499. The quantitative estimate of drug-likeness (QED) is 0.138. The summed E-state index contributed by atoms with van der Waals surface area (Å²) in [5, 5.41) is 0. The van der Waals surface area contributed by atoms with E-state index in [1.807, 2.05) is 0 Å². The molecule has 2 atom stereocenters. The van der Waals surface area contributed by atoms with Crippen LogP contribution in [0.1, 0.15) is 84.5 Å². The summed E-state index contributed by atoms with van der Waals surface area (Å²) < 4.78 is 0. The maximum absolute atomic E-state index is 3.36. The molecule has 0 radical (unpaired) electrons. The van der Waals surface area contributed by atoms with E-state index in [1.54, 1.807) is 0 Å². The van der Waals surface area contributed by atoms with Gasteiger partial charge in [-0.05, 0) is 140 Å². The van der Waals surface area contributed by atoms with Crippen LogP contribution >= 0.6 is 0 Å². The second-order valence-electron chi connectivity index (χ2n) is 19.2. The smallest absolute Gasteiger partial charge is 0.0711 e. The van der Waals surface area contributed by atoms with Gasteiger partial charge in [0.2, 0.25) is 0 Å². The van der Waals surface area contributed by atoms with Gasteiger partial charge >= 0.3 is 0 Å². The molecule has 12 rings (SSSR count). The van der Waals surface area contributed by atoms with Crippen LogP contribution in [0.15, 0.2) is 230 Å². The Morgan fingerprint density at radius 3 is 2.00 bits per heavy atom. The summed E-state index contributed by atoms with van der Waals surface area (Å²) in [4.78, 5) is 2.71. The van der Waals surface area contributed by atoms with E-state index in [0.29, 0.717) is 5.92 Å². The molecule has 0 fully saturated rings. The van der Waals surface area contributed by atoms with Crippen molar-refractivity contribution in [2.75, 3.05) is 4.90 Å². The van der Waals surface area contributed by atoms with Gasteiger partial charge in [0.05, 0.1) is 11.5 Å². The molecule has 7 aromatic carbocycles. The Balaban J connectivity index is 1.06. The van der Waals surface area contributed by atoms with Gasteiger partial charge in [-0.2, -0.15) is 0 Å². The Morgan fingerprint density at radius 2 is 1.27 bits per heavy atom. The molecule has 0 aliphatic heterocycles. The van der Waals surface area contributed by atoms with Crippen molar-refractivity contribution in [3.05, 3.63) is 274 Å². The zero-order valence-electron chi connectivity index (χ0n) is 38.0. The van der Waals surface area contributed by atoms with Crippen molar-refractivity contribution in [3.63, 3.8) is 0 Å². The molecule has 0 N–H and O–H groups in total. The van der Waals surface area contributed by atoms with E-state index in [0.717, 1.165) is 19.3 Å². The summed E-state index contributed by atoms with van der Waals surface area (Å²) in [7, 11) is 0. The molecule has 0 amide bonds. The van der Waals surface area contributed by atoms with E-state index in [-0.39, 0.29) is 11.5 Å². The van der Waals surface area contributed by atoms with E-state index < -0.39 is 5.41 Å². The van der Waals surface area contributed by atoms with Gasteiger partial charge in [0, 0.05) is 27.9 Å². The van der Waals surface area contributed by atoms with E-state index >= 15 is 0 Å². The lowest BCUT2D eigenvalue weighted by Crippen LogP contribution is -2.32. The summed E-state index contributed by atoms with van der Waals surface area (Å²) >= 11 is 0. The zero-order valence-corrected chi connectivity index (χ0v) is 38.0. The topological polar surface area (TPSA) is 3.24 Å². The molecule has 0 aromatic heterocycles. The van der Waals surface area contributed by atoms with Crippen LogP contribution in [0.2, 0.25) is 0 Å². The van der Waals surface area contributed by atoms with Gasteiger partial charge in [-0.1, -0.05) is 203 Å². The third-order valence-electron chi connectivity index (χ3n) is 15.2. The lowest BCUT2D eigenvalue weighted by atomic mass is 9.66. The molecule has 5 aliphatic rings. The van der Waals surface area contributed by atoms with E-state index in [9.17, 15) is 0 Å². The molecule has 1 nitrogen and oxygen atoms in total. The van der Waals surface area contributed by atoms with Crippen molar-refractivity contribution in [2.24, 2.45) is 5.92 Å². The predicted molar refractivity (Wildman–Crippen MR) is 278 cm³/mol. The van der Waals surface area contributed by atoms with Crippen LogP contribution in [-0.2, 0) is 10.8 Å². The van der Waals surface area contributed by atoms with Crippen molar-refractivity contribution in [2.45, 2.75) is 56.9 Å². The highest BCUT2D eigenvalue weighted by atomic mass is 15.2. The maximum atomic E-state index is 3.36. The lowest BCUT2D eigenvalue weighted by molar-refractivity contribution is 0.660. The third kappa shape index (κ3) is 6.22. The fourth-order valence-corrected chi connectivity index (χ4v) is 12.1. The number of allylic oxidation sites excluding steroid dienone is 9. The first kappa shape index (κ1) is 40.1. The summed E-state index contributed by atoms with van der Waals surface area (Å²) in [6, 6.07) is 63.9. The van der Waals surface area contributed by atoms with Gasteiger partial charge in [-0.15, -0.1) is 5.73 Å². The molecule has 0 saturated heterocycles. The molecule has 66 heavy (non-hydrogen) atoms. The Hall–Kier alpha value is -7.44. The van der Waals surface area contributed by atoms with Crippen molar-refractivity contribution in [1.29, 1.82) is 0 Å². The van der Waals surface area contributed by atoms with E-state index in [1.165, 1.54) is 100 Å². The fourth-order valence-electron chi connectivity index (χ4n) is 12.1. The van der Waals surface area contributed by atoms with Gasteiger partial charge in [0.15, 0.2) is 0 Å². The highest BCUT2D eigenvalue weighted by Crippen LogP contribution is 2.61. The van der Waals surface area contributed by atoms with E-state index in [4.69, 9.17) is 0 Å². The minimum atomic E-state index is -0.474. The van der Waals surface area contributed by atoms with Crippen LogP contribution in [0, 0.1) is 5.92 Å². The Kier molecular flexibility index (Phi) is 9.67. The largest absolute Gasteiger partial charge is 0.333 e. The van der Waals surface area contributed by atoms with Crippen LogP contribution < -0.4 is 4.90 Å². The summed E-state index contributed by atoms with van der Waals surface area (Å²) in [5.74, 6) is 0.334. The minimum Gasteiger partial charge on any atom is -0.333 e. The van der Waals surface area contributed by atoms with E-state index in [2.05, 4.69) is 250 Å². The monoisotopic (exact) mass is 847 g/mol. The van der Waals surface area contributed by atoms with Gasteiger partial charge in [-0.3, -0.25) is 0 Å². The number of hydrogen-bond donors (Lipinski definition) is 0. The number of fused-ring (bicyclic) bond motifs is 5. The van der Waals surface area contributed by atoms with Crippen molar-refractivity contribution >= 4 is 28.1 Å². The second kappa shape index (κ2) is 15.9. The normalized spacial score (nSPS) is 19.1. The van der Waals surface area contributed by atoms with Crippen LogP contribution in [0.3, 0.4) is 0 Å². The highest BCUT2D eigenvalue weighted by molar-refractivity contribution is 5.97. The first-order valence-corrected chi connectivity index (χ1v) is 23.8. The Labute approximate surface area is 390 Å². The molecule has 5 aliphatic carbocycles. The van der Waals surface area contributed by atoms with Crippen molar-refractivity contribution < 1.29 is 0 Å². The highest BCUT2D eigenvalue weighted by Gasteiger charge is 2.50. The van der Waals surface area contributed by atoms with Crippen LogP contribution in [0.25, 0.3) is 39.0 Å². The number of hydrogen-bond acceptors (Lipinski definition) is 1. The first-order valence-electron chi connectivity index (χ1n) is 23.8. The Bertz CT molecular complexity index is 3250. The molecule has 0 bridgehead atoms. The zero-order chi connectivity index (χ0) is 44.4. The molecule has 1 heteroatoms. The first-order chi connectivity index (χ1) is 32.4. The average Bonchev–Trinajstić information content (AvgIpc) is 3.82. The van der Waals surface area contributed by atoms with Gasteiger partial charge in [0.25, 0.3) is 0 Å². The third-order valence-corrected chi connectivity index (χ3v) is 15.2. The lowest BCUT2D eigenvalue weighted by Gasteiger charge is -2.38. The number of nitrogens with zero attached hydrogens (tertiary/aromatic N) is 1. The van der Waals surface area contributed by atoms with Gasteiger partial charge in [-0.25, -0.2) is 0 Å². The number of rotatable bonds is 8. The fraction of sp³-hybridized carbons (Fsp3) is 0.154. The van der Waals surface area contributed by atoms with Crippen LogP contribution in [0.5, 0.6) is 0 Å². The van der Waals surface area contributed by atoms with Gasteiger partial charge < -0.3 is 4.90 Å². The standard InChI is InChI=1S/C65H53N/c1-44-20-18-31-57-62(44)63-58(65(57,50-25-12-6-13-26-50)51-27-14-7-15-28-51)32-19-33-61(63)66(60-41-37-48(45-21-8-4-9-22-45)42-55(60)47-23-10-5-11-24-47)52-38-34-46(35-39-52)49-36-40-54-53-29-16-17-30-56(53)64(2,3)59(54)43-49/h4,6-19,21-23,25-38,40-44,52H,20,24,39H2,1-3H3. The molecule has 7 aromatic rings. The molecule has 2 unspecified atom stereocenters.